The lowest BCUT2D eigenvalue weighted by Crippen LogP contribution is -2.57. The van der Waals surface area contributed by atoms with Crippen LogP contribution in [0.15, 0.2) is 41.6 Å². The number of hydrogen-bond donors (Lipinski definition) is 1. The van der Waals surface area contributed by atoms with Crippen molar-refractivity contribution in [1.82, 2.24) is 4.90 Å². The van der Waals surface area contributed by atoms with E-state index in [4.69, 9.17) is 5.73 Å². The smallest absolute Gasteiger partial charge is 0.104 e. The Morgan fingerprint density at radius 1 is 1.53 bits per heavy atom. The fourth-order valence-electron chi connectivity index (χ4n) is 2.13. The molecule has 2 rings (SSSR count). The standard InChI is InChI=1S/C14H21N3/c1-2-6-12-7-4-3-5-8-14(16-9-12)17-10-13(15)11-17/h2,4,7,9,13H,1,3,5-6,8,10-11,15H2/b7-4-,12-9-,16-14+. The van der Waals surface area contributed by atoms with E-state index in [-0.39, 0.29) is 0 Å². The van der Waals surface area contributed by atoms with Crippen molar-refractivity contribution in [1.29, 1.82) is 0 Å². The Labute approximate surface area is 103 Å². The highest BCUT2D eigenvalue weighted by Gasteiger charge is 2.25. The van der Waals surface area contributed by atoms with Crippen LogP contribution in [-0.4, -0.2) is 29.9 Å². The zero-order valence-electron chi connectivity index (χ0n) is 10.3. The van der Waals surface area contributed by atoms with Gasteiger partial charge in [0.05, 0.1) is 0 Å². The van der Waals surface area contributed by atoms with Crippen LogP contribution >= 0.6 is 0 Å². The van der Waals surface area contributed by atoms with Gasteiger partial charge in [0.2, 0.25) is 0 Å². The fourth-order valence-corrected chi connectivity index (χ4v) is 2.13. The fraction of sp³-hybridized carbons (Fsp3) is 0.500. The van der Waals surface area contributed by atoms with Gasteiger partial charge < -0.3 is 10.6 Å². The van der Waals surface area contributed by atoms with Crippen molar-refractivity contribution in [3.05, 3.63) is 36.6 Å². The number of aliphatic imine (C=N–C) groups is 1. The zero-order valence-corrected chi connectivity index (χ0v) is 10.3. The van der Waals surface area contributed by atoms with Gasteiger partial charge in [-0.2, -0.15) is 0 Å². The monoisotopic (exact) mass is 231 g/mol. The maximum absolute atomic E-state index is 5.81. The molecule has 92 valence electrons. The highest BCUT2D eigenvalue weighted by molar-refractivity contribution is 5.83. The summed E-state index contributed by atoms with van der Waals surface area (Å²) in [5.74, 6) is 1.19. The van der Waals surface area contributed by atoms with Crippen LogP contribution in [0.1, 0.15) is 25.7 Å². The number of hydrogen-bond acceptors (Lipinski definition) is 3. The maximum Gasteiger partial charge on any atom is 0.104 e. The van der Waals surface area contributed by atoms with Crippen LogP contribution in [0.3, 0.4) is 0 Å². The molecule has 2 aliphatic heterocycles. The molecule has 2 heterocycles. The number of nitrogens with zero attached hydrogens (tertiary/aromatic N) is 2. The second-order valence-corrected chi connectivity index (χ2v) is 4.70. The van der Waals surface area contributed by atoms with Gasteiger partial charge in [0, 0.05) is 31.8 Å². The highest BCUT2D eigenvalue weighted by atomic mass is 15.3. The summed E-state index contributed by atoms with van der Waals surface area (Å²) in [6, 6.07) is 0.333. The Kier molecular flexibility index (Phi) is 4.15. The third-order valence-electron chi connectivity index (χ3n) is 3.14. The third kappa shape index (κ3) is 3.30. The van der Waals surface area contributed by atoms with E-state index >= 15 is 0 Å². The molecule has 2 aliphatic rings. The van der Waals surface area contributed by atoms with Crippen LogP contribution in [0.4, 0.5) is 0 Å². The molecule has 0 aromatic carbocycles. The number of amidine groups is 1. The topological polar surface area (TPSA) is 41.6 Å². The molecule has 0 radical (unpaired) electrons. The van der Waals surface area contributed by atoms with Crippen molar-refractivity contribution in [2.24, 2.45) is 10.7 Å². The Morgan fingerprint density at radius 3 is 3.06 bits per heavy atom. The van der Waals surface area contributed by atoms with Crippen molar-refractivity contribution in [3.63, 3.8) is 0 Å². The van der Waals surface area contributed by atoms with E-state index in [0.29, 0.717) is 6.04 Å². The average Bonchev–Trinajstić information content (AvgIpc) is 2.38. The minimum atomic E-state index is 0.333. The summed E-state index contributed by atoms with van der Waals surface area (Å²) in [6.45, 7) is 5.68. The second kappa shape index (κ2) is 5.82. The lowest BCUT2D eigenvalue weighted by molar-refractivity contribution is 0.249. The summed E-state index contributed by atoms with van der Waals surface area (Å²) in [7, 11) is 0. The molecule has 2 N–H and O–H groups in total. The van der Waals surface area contributed by atoms with E-state index in [1.54, 1.807) is 0 Å². The van der Waals surface area contributed by atoms with Gasteiger partial charge in [-0.3, -0.25) is 0 Å². The first-order valence-corrected chi connectivity index (χ1v) is 6.33. The van der Waals surface area contributed by atoms with Gasteiger partial charge in [0.1, 0.15) is 5.84 Å². The number of allylic oxidation sites excluding steroid dienone is 4. The SMILES string of the molecule is C=CCC1=C/N=C(/N2CC(N)C2)CCC/C=C\1. The van der Waals surface area contributed by atoms with Crippen LogP contribution in [0.25, 0.3) is 0 Å². The molecule has 0 unspecified atom stereocenters. The average molecular weight is 231 g/mol. The van der Waals surface area contributed by atoms with Crippen molar-refractivity contribution in [2.45, 2.75) is 31.7 Å². The normalized spacial score (nSPS) is 29.8. The highest BCUT2D eigenvalue weighted by Crippen LogP contribution is 2.15. The molecule has 0 spiro atoms. The minimum absolute atomic E-state index is 0.333. The summed E-state index contributed by atoms with van der Waals surface area (Å²) in [5, 5.41) is 0. The summed E-state index contributed by atoms with van der Waals surface area (Å²) in [5.41, 5.74) is 7.04. The molecule has 3 heteroatoms. The third-order valence-corrected chi connectivity index (χ3v) is 3.14. The predicted octanol–water partition coefficient (Wildman–Crippen LogP) is 2.23. The van der Waals surface area contributed by atoms with E-state index in [1.807, 2.05) is 12.3 Å². The first-order chi connectivity index (χ1) is 8.29. The van der Waals surface area contributed by atoms with Crippen molar-refractivity contribution >= 4 is 5.84 Å². The minimum Gasteiger partial charge on any atom is -0.357 e. The Morgan fingerprint density at radius 2 is 2.35 bits per heavy atom. The summed E-state index contributed by atoms with van der Waals surface area (Å²) in [4.78, 5) is 6.92. The summed E-state index contributed by atoms with van der Waals surface area (Å²) < 4.78 is 0. The molecule has 0 amide bonds. The Balaban J connectivity index is 2.08. The van der Waals surface area contributed by atoms with Gasteiger partial charge in [-0.15, -0.1) is 6.58 Å². The van der Waals surface area contributed by atoms with E-state index < -0.39 is 0 Å². The maximum atomic E-state index is 5.81. The van der Waals surface area contributed by atoms with Crippen molar-refractivity contribution < 1.29 is 0 Å². The van der Waals surface area contributed by atoms with Crippen LogP contribution in [-0.2, 0) is 0 Å². The molecule has 1 saturated heterocycles. The molecule has 0 saturated carbocycles. The quantitative estimate of drug-likeness (QED) is 0.740. The predicted molar refractivity (Wildman–Crippen MR) is 72.9 cm³/mol. The van der Waals surface area contributed by atoms with Crippen LogP contribution in [0, 0.1) is 0 Å². The molecule has 17 heavy (non-hydrogen) atoms. The molecule has 0 aromatic heterocycles. The largest absolute Gasteiger partial charge is 0.357 e. The number of likely N-dealkylation sites (tertiary alicyclic amines) is 1. The molecular weight excluding hydrogens is 210 g/mol. The van der Waals surface area contributed by atoms with Crippen molar-refractivity contribution in [2.75, 3.05) is 13.1 Å². The van der Waals surface area contributed by atoms with Gasteiger partial charge in [-0.25, -0.2) is 4.99 Å². The zero-order chi connectivity index (χ0) is 12.1. The molecule has 0 bridgehead atoms. The first kappa shape index (κ1) is 12.1. The van der Waals surface area contributed by atoms with Gasteiger partial charge >= 0.3 is 0 Å². The van der Waals surface area contributed by atoms with Crippen LogP contribution in [0.5, 0.6) is 0 Å². The molecule has 0 atom stereocenters. The molecule has 0 aliphatic carbocycles. The van der Waals surface area contributed by atoms with Crippen LogP contribution < -0.4 is 5.73 Å². The van der Waals surface area contributed by atoms with Gasteiger partial charge in [0.15, 0.2) is 0 Å². The van der Waals surface area contributed by atoms with E-state index in [9.17, 15) is 0 Å². The van der Waals surface area contributed by atoms with Gasteiger partial charge in [-0.05, 0) is 24.8 Å². The molecule has 3 nitrogen and oxygen atoms in total. The summed E-state index contributed by atoms with van der Waals surface area (Å²) >= 11 is 0. The van der Waals surface area contributed by atoms with Gasteiger partial charge in [0.25, 0.3) is 0 Å². The lowest BCUT2D eigenvalue weighted by Gasteiger charge is -2.39. The lowest BCUT2D eigenvalue weighted by atomic mass is 10.1. The first-order valence-electron chi connectivity index (χ1n) is 6.33. The summed E-state index contributed by atoms with van der Waals surface area (Å²) in [6.07, 6.45) is 12.5. The van der Waals surface area contributed by atoms with E-state index in [0.717, 1.165) is 38.8 Å². The van der Waals surface area contributed by atoms with E-state index in [1.165, 1.54) is 11.4 Å². The number of nitrogens with two attached hydrogens (primary N) is 1. The van der Waals surface area contributed by atoms with Crippen molar-refractivity contribution in [3.8, 4) is 0 Å². The molecular formula is C14H21N3. The Hall–Kier alpha value is -1.35. The van der Waals surface area contributed by atoms with Crippen LogP contribution in [0.2, 0.25) is 0 Å². The molecule has 1 fully saturated rings. The second-order valence-electron chi connectivity index (χ2n) is 4.70. The number of rotatable bonds is 2. The molecule has 0 aromatic rings. The Bertz CT molecular complexity index is 360. The van der Waals surface area contributed by atoms with Gasteiger partial charge in [-0.1, -0.05) is 18.2 Å². The van der Waals surface area contributed by atoms with E-state index in [2.05, 4.69) is 28.6 Å².